The Morgan fingerprint density at radius 2 is 2.18 bits per heavy atom. The average molecular weight is 302 g/mol. The highest BCUT2D eigenvalue weighted by Crippen LogP contribution is 2.34. The van der Waals surface area contributed by atoms with Gasteiger partial charge in [0.2, 0.25) is 11.8 Å². The van der Waals surface area contributed by atoms with E-state index in [4.69, 9.17) is 4.74 Å². The number of carbonyl (C=O) groups is 2. The molecule has 0 aliphatic carbocycles. The SMILES string of the molecule is COc1cccc([C@H]2CCN2C(=O)CN2CCCCC2=O)c1. The lowest BCUT2D eigenvalue weighted by atomic mass is 9.94. The van der Waals surface area contributed by atoms with Crippen LogP contribution in [-0.2, 0) is 9.59 Å². The summed E-state index contributed by atoms with van der Waals surface area (Å²) in [6.45, 7) is 1.70. The summed E-state index contributed by atoms with van der Waals surface area (Å²) in [5.74, 6) is 0.968. The molecule has 1 aromatic carbocycles. The highest BCUT2D eigenvalue weighted by molar-refractivity contribution is 5.85. The lowest BCUT2D eigenvalue weighted by molar-refractivity contribution is -0.146. The van der Waals surface area contributed by atoms with E-state index in [1.807, 2.05) is 29.2 Å². The Morgan fingerprint density at radius 1 is 1.32 bits per heavy atom. The number of likely N-dealkylation sites (tertiary alicyclic amines) is 2. The number of hydrogen-bond donors (Lipinski definition) is 0. The van der Waals surface area contributed by atoms with Crippen LogP contribution >= 0.6 is 0 Å². The number of benzene rings is 1. The minimum atomic E-state index is 0.0503. The zero-order chi connectivity index (χ0) is 15.5. The van der Waals surface area contributed by atoms with Gasteiger partial charge in [-0.05, 0) is 37.0 Å². The fraction of sp³-hybridized carbons (Fsp3) is 0.529. The second kappa shape index (κ2) is 6.38. The number of hydrogen-bond acceptors (Lipinski definition) is 3. The molecule has 1 aromatic rings. The molecule has 0 saturated carbocycles. The van der Waals surface area contributed by atoms with Gasteiger partial charge in [0.25, 0.3) is 0 Å². The van der Waals surface area contributed by atoms with Crippen molar-refractivity contribution in [3.8, 4) is 5.75 Å². The molecule has 2 amide bonds. The molecule has 0 bridgehead atoms. The van der Waals surface area contributed by atoms with Crippen molar-refractivity contribution in [3.63, 3.8) is 0 Å². The van der Waals surface area contributed by atoms with Crippen molar-refractivity contribution >= 4 is 11.8 Å². The van der Waals surface area contributed by atoms with Gasteiger partial charge < -0.3 is 14.5 Å². The summed E-state index contributed by atoms with van der Waals surface area (Å²) in [6, 6.07) is 7.97. The van der Waals surface area contributed by atoms with Crippen molar-refractivity contribution in [1.82, 2.24) is 9.80 Å². The summed E-state index contributed by atoms with van der Waals surface area (Å²) in [7, 11) is 1.64. The Labute approximate surface area is 130 Å². The maximum atomic E-state index is 12.5. The molecule has 2 heterocycles. The third-order valence-electron chi connectivity index (χ3n) is 4.57. The van der Waals surface area contributed by atoms with Crippen molar-refractivity contribution in [2.24, 2.45) is 0 Å². The Balaban J connectivity index is 1.64. The van der Waals surface area contributed by atoms with Gasteiger partial charge in [-0.1, -0.05) is 12.1 Å². The number of ether oxygens (including phenoxy) is 1. The summed E-state index contributed by atoms with van der Waals surface area (Å²) in [5, 5.41) is 0. The van der Waals surface area contributed by atoms with Crippen LogP contribution in [0.1, 0.15) is 37.3 Å². The van der Waals surface area contributed by atoms with Crippen molar-refractivity contribution in [2.45, 2.75) is 31.7 Å². The van der Waals surface area contributed by atoms with Crippen LogP contribution in [-0.4, -0.2) is 48.4 Å². The molecule has 5 nitrogen and oxygen atoms in total. The Morgan fingerprint density at radius 3 is 2.86 bits per heavy atom. The van der Waals surface area contributed by atoms with Crippen LogP contribution < -0.4 is 4.74 Å². The summed E-state index contributed by atoms with van der Waals surface area (Å²) in [4.78, 5) is 27.9. The molecule has 2 aliphatic rings. The molecule has 0 aromatic heterocycles. The molecule has 2 aliphatic heterocycles. The molecule has 5 heteroatoms. The van der Waals surface area contributed by atoms with Crippen LogP contribution in [0.15, 0.2) is 24.3 Å². The zero-order valence-electron chi connectivity index (χ0n) is 13.0. The van der Waals surface area contributed by atoms with Gasteiger partial charge in [0.1, 0.15) is 5.75 Å². The van der Waals surface area contributed by atoms with Crippen LogP contribution in [0, 0.1) is 0 Å². The van der Waals surface area contributed by atoms with Crippen molar-refractivity contribution in [1.29, 1.82) is 0 Å². The van der Waals surface area contributed by atoms with E-state index >= 15 is 0 Å². The van der Waals surface area contributed by atoms with E-state index in [1.165, 1.54) is 0 Å². The molecule has 0 N–H and O–H groups in total. The minimum Gasteiger partial charge on any atom is -0.497 e. The van der Waals surface area contributed by atoms with Crippen LogP contribution in [0.25, 0.3) is 0 Å². The number of piperidine rings is 1. The first kappa shape index (κ1) is 14.9. The maximum absolute atomic E-state index is 12.5. The quantitative estimate of drug-likeness (QED) is 0.854. The first-order valence-corrected chi connectivity index (χ1v) is 7.90. The van der Waals surface area contributed by atoms with E-state index in [0.717, 1.165) is 37.1 Å². The minimum absolute atomic E-state index is 0.0503. The predicted octanol–water partition coefficient (Wildman–Crippen LogP) is 1.98. The molecule has 2 fully saturated rings. The molecule has 22 heavy (non-hydrogen) atoms. The Bertz CT molecular complexity index is 573. The van der Waals surface area contributed by atoms with Gasteiger partial charge in [-0.25, -0.2) is 0 Å². The highest BCUT2D eigenvalue weighted by Gasteiger charge is 2.34. The summed E-state index contributed by atoms with van der Waals surface area (Å²) in [6.07, 6.45) is 3.48. The molecular weight excluding hydrogens is 280 g/mol. The van der Waals surface area contributed by atoms with E-state index in [2.05, 4.69) is 0 Å². The first-order valence-electron chi connectivity index (χ1n) is 7.90. The molecule has 118 valence electrons. The fourth-order valence-electron chi connectivity index (χ4n) is 3.16. The average Bonchev–Trinajstić information content (AvgIpc) is 2.49. The fourth-order valence-corrected chi connectivity index (χ4v) is 3.16. The zero-order valence-corrected chi connectivity index (χ0v) is 13.0. The molecule has 0 radical (unpaired) electrons. The topological polar surface area (TPSA) is 49.9 Å². The second-order valence-corrected chi connectivity index (χ2v) is 5.94. The third-order valence-corrected chi connectivity index (χ3v) is 4.57. The number of rotatable bonds is 4. The summed E-state index contributed by atoms with van der Waals surface area (Å²) >= 11 is 0. The normalized spacial score (nSPS) is 21.5. The van der Waals surface area contributed by atoms with E-state index < -0.39 is 0 Å². The van der Waals surface area contributed by atoms with Gasteiger partial charge in [-0.3, -0.25) is 9.59 Å². The van der Waals surface area contributed by atoms with Gasteiger partial charge in [-0.15, -0.1) is 0 Å². The molecule has 0 spiro atoms. The number of amides is 2. The second-order valence-electron chi connectivity index (χ2n) is 5.94. The molecule has 0 unspecified atom stereocenters. The number of methoxy groups -OCH3 is 1. The van der Waals surface area contributed by atoms with Crippen LogP contribution in [0.3, 0.4) is 0 Å². The van der Waals surface area contributed by atoms with Crippen LogP contribution in [0.4, 0.5) is 0 Å². The molecule has 2 saturated heterocycles. The highest BCUT2D eigenvalue weighted by atomic mass is 16.5. The number of nitrogens with zero attached hydrogens (tertiary/aromatic N) is 2. The lowest BCUT2D eigenvalue weighted by Crippen LogP contribution is -2.50. The van der Waals surface area contributed by atoms with Crippen LogP contribution in [0.5, 0.6) is 5.75 Å². The van der Waals surface area contributed by atoms with Gasteiger partial charge >= 0.3 is 0 Å². The first-order chi connectivity index (χ1) is 10.7. The standard InChI is InChI=1S/C17H22N2O3/c1-22-14-6-4-5-13(11-14)15-8-10-19(15)17(21)12-18-9-3-2-7-16(18)20/h4-6,11,15H,2-3,7-10,12H2,1H3/t15-/m1/s1. The largest absolute Gasteiger partial charge is 0.497 e. The van der Waals surface area contributed by atoms with E-state index in [-0.39, 0.29) is 24.4 Å². The van der Waals surface area contributed by atoms with Gasteiger partial charge in [0.05, 0.1) is 19.7 Å². The van der Waals surface area contributed by atoms with Crippen molar-refractivity contribution in [2.75, 3.05) is 26.7 Å². The Kier molecular flexibility index (Phi) is 4.32. The smallest absolute Gasteiger partial charge is 0.242 e. The van der Waals surface area contributed by atoms with E-state index in [9.17, 15) is 9.59 Å². The van der Waals surface area contributed by atoms with Gasteiger partial charge in [0.15, 0.2) is 0 Å². The van der Waals surface area contributed by atoms with Crippen molar-refractivity contribution < 1.29 is 14.3 Å². The molecular formula is C17H22N2O3. The van der Waals surface area contributed by atoms with E-state index in [1.54, 1.807) is 12.0 Å². The van der Waals surface area contributed by atoms with Gasteiger partial charge in [0, 0.05) is 19.5 Å². The summed E-state index contributed by atoms with van der Waals surface area (Å²) < 4.78 is 5.25. The summed E-state index contributed by atoms with van der Waals surface area (Å²) in [5.41, 5.74) is 1.10. The Hall–Kier alpha value is -2.04. The number of carbonyl (C=O) groups excluding carboxylic acids is 2. The maximum Gasteiger partial charge on any atom is 0.242 e. The van der Waals surface area contributed by atoms with Crippen LogP contribution in [0.2, 0.25) is 0 Å². The predicted molar refractivity (Wildman–Crippen MR) is 82.5 cm³/mol. The lowest BCUT2D eigenvalue weighted by Gasteiger charge is -2.42. The molecule has 3 rings (SSSR count). The third kappa shape index (κ3) is 2.93. The monoisotopic (exact) mass is 302 g/mol. The molecule has 1 atom stereocenters. The van der Waals surface area contributed by atoms with E-state index in [0.29, 0.717) is 13.0 Å². The van der Waals surface area contributed by atoms with Gasteiger partial charge in [-0.2, -0.15) is 0 Å². The van der Waals surface area contributed by atoms with Crippen molar-refractivity contribution in [3.05, 3.63) is 29.8 Å².